The third-order valence-corrected chi connectivity index (χ3v) is 3.79. The Morgan fingerprint density at radius 2 is 2.26 bits per heavy atom. The Balaban J connectivity index is 1.66. The summed E-state index contributed by atoms with van der Waals surface area (Å²) < 4.78 is 0. The van der Waals surface area contributed by atoms with E-state index in [4.69, 9.17) is 5.73 Å². The molecule has 1 saturated carbocycles. The Kier molecular flexibility index (Phi) is 4.97. The summed E-state index contributed by atoms with van der Waals surface area (Å²) in [5.74, 6) is 0.173. The Hall–Kier alpha value is -1.35. The first-order valence-corrected chi connectivity index (χ1v) is 7.24. The molecule has 1 aliphatic carbocycles. The first kappa shape index (κ1) is 14.1. The van der Waals surface area contributed by atoms with Gasteiger partial charge in [0.1, 0.15) is 0 Å². The van der Waals surface area contributed by atoms with Gasteiger partial charge >= 0.3 is 0 Å². The molecule has 0 aromatic heterocycles. The van der Waals surface area contributed by atoms with E-state index in [0.29, 0.717) is 12.5 Å². The highest BCUT2D eigenvalue weighted by atomic mass is 16.1. The van der Waals surface area contributed by atoms with Crippen molar-refractivity contribution in [1.29, 1.82) is 0 Å². The molecule has 0 bridgehead atoms. The molecular formula is C16H24N2O. The summed E-state index contributed by atoms with van der Waals surface area (Å²) in [6.07, 6.45) is 5.50. The average molecular weight is 260 g/mol. The van der Waals surface area contributed by atoms with Crippen LogP contribution in [0.3, 0.4) is 0 Å². The highest BCUT2D eigenvalue weighted by Crippen LogP contribution is 2.17. The standard InChI is InChI=1S/C16H24N2O/c1-12-4-2-5-13(10-12)6-3-7-16(19)18-15-9-8-14(17)11-15/h2,4-5,10,14-15H,3,6-9,11,17H2,1H3,(H,18,19). The summed E-state index contributed by atoms with van der Waals surface area (Å²) in [6, 6.07) is 9.07. The van der Waals surface area contributed by atoms with E-state index in [9.17, 15) is 4.79 Å². The molecule has 1 fully saturated rings. The van der Waals surface area contributed by atoms with E-state index in [0.717, 1.165) is 32.1 Å². The quantitative estimate of drug-likeness (QED) is 0.853. The summed E-state index contributed by atoms with van der Waals surface area (Å²) in [4.78, 5) is 11.8. The molecule has 0 heterocycles. The molecule has 0 aliphatic heterocycles. The van der Waals surface area contributed by atoms with Gasteiger partial charge in [0, 0.05) is 18.5 Å². The minimum Gasteiger partial charge on any atom is -0.353 e. The second-order valence-electron chi connectivity index (χ2n) is 5.68. The molecule has 0 radical (unpaired) electrons. The zero-order valence-corrected chi connectivity index (χ0v) is 11.7. The second-order valence-corrected chi connectivity index (χ2v) is 5.68. The van der Waals surface area contributed by atoms with E-state index in [1.54, 1.807) is 0 Å². The summed E-state index contributed by atoms with van der Waals surface area (Å²) in [5.41, 5.74) is 8.43. The maximum Gasteiger partial charge on any atom is 0.220 e. The normalized spacial score (nSPS) is 22.4. The van der Waals surface area contributed by atoms with Crippen LogP contribution in [-0.2, 0) is 11.2 Å². The lowest BCUT2D eigenvalue weighted by Crippen LogP contribution is -2.33. The van der Waals surface area contributed by atoms with Crippen molar-refractivity contribution in [2.24, 2.45) is 5.73 Å². The Morgan fingerprint density at radius 3 is 2.95 bits per heavy atom. The molecule has 3 nitrogen and oxygen atoms in total. The van der Waals surface area contributed by atoms with Gasteiger partial charge in [-0.2, -0.15) is 0 Å². The lowest BCUT2D eigenvalue weighted by molar-refractivity contribution is -0.121. The molecule has 104 valence electrons. The van der Waals surface area contributed by atoms with Crippen LogP contribution in [0.1, 0.15) is 43.2 Å². The van der Waals surface area contributed by atoms with Crippen molar-refractivity contribution in [2.45, 2.75) is 57.5 Å². The van der Waals surface area contributed by atoms with E-state index in [2.05, 4.69) is 36.5 Å². The van der Waals surface area contributed by atoms with Crippen LogP contribution in [0.2, 0.25) is 0 Å². The van der Waals surface area contributed by atoms with Crippen LogP contribution in [0.15, 0.2) is 24.3 Å². The number of benzene rings is 1. The first-order chi connectivity index (χ1) is 9.13. The van der Waals surface area contributed by atoms with Crippen LogP contribution in [0, 0.1) is 6.92 Å². The summed E-state index contributed by atoms with van der Waals surface area (Å²) in [6.45, 7) is 2.10. The Labute approximate surface area is 115 Å². The number of nitrogens with one attached hydrogen (secondary N) is 1. The molecule has 2 rings (SSSR count). The van der Waals surface area contributed by atoms with Crippen LogP contribution >= 0.6 is 0 Å². The highest BCUT2D eigenvalue weighted by molar-refractivity contribution is 5.76. The SMILES string of the molecule is Cc1cccc(CCCC(=O)NC2CCC(N)C2)c1. The van der Waals surface area contributed by atoms with Gasteiger partial charge in [-0.1, -0.05) is 29.8 Å². The lowest BCUT2D eigenvalue weighted by atomic mass is 10.1. The molecule has 1 aromatic rings. The minimum absolute atomic E-state index is 0.173. The highest BCUT2D eigenvalue weighted by Gasteiger charge is 2.22. The predicted molar refractivity (Wildman–Crippen MR) is 77.9 cm³/mol. The number of hydrogen-bond donors (Lipinski definition) is 2. The number of carbonyl (C=O) groups excluding carboxylic acids is 1. The van der Waals surface area contributed by atoms with Crippen LogP contribution in [0.5, 0.6) is 0 Å². The van der Waals surface area contributed by atoms with E-state index in [1.807, 2.05) is 0 Å². The van der Waals surface area contributed by atoms with Crippen molar-refractivity contribution < 1.29 is 4.79 Å². The number of carbonyl (C=O) groups is 1. The van der Waals surface area contributed by atoms with Crippen LogP contribution < -0.4 is 11.1 Å². The first-order valence-electron chi connectivity index (χ1n) is 7.24. The van der Waals surface area contributed by atoms with Gasteiger partial charge in [-0.15, -0.1) is 0 Å². The van der Waals surface area contributed by atoms with Crippen LogP contribution in [-0.4, -0.2) is 18.0 Å². The topological polar surface area (TPSA) is 55.1 Å². The third kappa shape index (κ3) is 4.67. The van der Waals surface area contributed by atoms with Gasteiger partial charge in [-0.25, -0.2) is 0 Å². The van der Waals surface area contributed by atoms with Gasteiger partial charge in [0.15, 0.2) is 0 Å². The van der Waals surface area contributed by atoms with Crippen molar-refractivity contribution in [2.75, 3.05) is 0 Å². The van der Waals surface area contributed by atoms with Gasteiger partial charge in [0.25, 0.3) is 0 Å². The lowest BCUT2D eigenvalue weighted by Gasteiger charge is -2.12. The molecule has 1 aliphatic rings. The molecule has 19 heavy (non-hydrogen) atoms. The van der Waals surface area contributed by atoms with E-state index >= 15 is 0 Å². The monoisotopic (exact) mass is 260 g/mol. The van der Waals surface area contributed by atoms with Crippen LogP contribution in [0.4, 0.5) is 0 Å². The Morgan fingerprint density at radius 1 is 1.42 bits per heavy atom. The number of rotatable bonds is 5. The molecule has 1 aromatic carbocycles. The van der Waals surface area contributed by atoms with Gasteiger partial charge < -0.3 is 11.1 Å². The molecule has 3 N–H and O–H groups in total. The van der Waals surface area contributed by atoms with Gasteiger partial charge in [0.2, 0.25) is 5.91 Å². The molecule has 2 atom stereocenters. The van der Waals surface area contributed by atoms with Crippen LogP contribution in [0.25, 0.3) is 0 Å². The van der Waals surface area contributed by atoms with Crippen molar-refractivity contribution >= 4 is 5.91 Å². The fourth-order valence-electron chi connectivity index (χ4n) is 2.77. The van der Waals surface area contributed by atoms with E-state index in [-0.39, 0.29) is 11.9 Å². The average Bonchev–Trinajstić information content (AvgIpc) is 2.75. The predicted octanol–water partition coefficient (Wildman–Crippen LogP) is 2.31. The van der Waals surface area contributed by atoms with Crippen molar-refractivity contribution in [1.82, 2.24) is 5.32 Å². The summed E-state index contributed by atoms with van der Waals surface area (Å²) in [5, 5.41) is 3.09. The fraction of sp³-hybridized carbons (Fsp3) is 0.562. The second kappa shape index (κ2) is 6.71. The third-order valence-electron chi connectivity index (χ3n) is 3.79. The molecule has 3 heteroatoms. The van der Waals surface area contributed by atoms with Crippen molar-refractivity contribution in [3.8, 4) is 0 Å². The zero-order valence-electron chi connectivity index (χ0n) is 11.7. The maximum absolute atomic E-state index is 11.8. The minimum atomic E-state index is 0.173. The van der Waals surface area contributed by atoms with E-state index < -0.39 is 0 Å². The fourth-order valence-corrected chi connectivity index (χ4v) is 2.77. The van der Waals surface area contributed by atoms with Crippen molar-refractivity contribution in [3.63, 3.8) is 0 Å². The number of aryl methyl sites for hydroxylation is 2. The summed E-state index contributed by atoms with van der Waals surface area (Å²) >= 11 is 0. The number of nitrogens with two attached hydrogens (primary N) is 1. The smallest absolute Gasteiger partial charge is 0.220 e. The molecular weight excluding hydrogens is 236 g/mol. The summed E-state index contributed by atoms with van der Waals surface area (Å²) in [7, 11) is 0. The largest absolute Gasteiger partial charge is 0.353 e. The Bertz CT molecular complexity index is 431. The molecule has 2 unspecified atom stereocenters. The van der Waals surface area contributed by atoms with Crippen molar-refractivity contribution in [3.05, 3.63) is 35.4 Å². The molecule has 1 amide bonds. The van der Waals surface area contributed by atoms with Gasteiger partial charge in [0.05, 0.1) is 0 Å². The molecule has 0 saturated heterocycles. The number of hydrogen-bond acceptors (Lipinski definition) is 2. The van der Waals surface area contributed by atoms with E-state index in [1.165, 1.54) is 11.1 Å². The maximum atomic E-state index is 11.8. The number of amides is 1. The zero-order chi connectivity index (χ0) is 13.7. The molecule has 0 spiro atoms. The van der Waals surface area contributed by atoms with Gasteiger partial charge in [-0.05, 0) is 44.6 Å². The van der Waals surface area contributed by atoms with Gasteiger partial charge in [-0.3, -0.25) is 4.79 Å².